The number of nitrogens with one attached hydrogen (secondary N) is 1. The average Bonchev–Trinajstić information content (AvgIpc) is 2.78. The Kier molecular flexibility index (Phi) is 6.35. The fraction of sp³-hybridized carbons (Fsp3) is 0.375. The number of aryl methyl sites for hydroxylation is 1. The number of aliphatic hydroxyl groups is 1. The van der Waals surface area contributed by atoms with Crippen molar-refractivity contribution >= 4 is 5.82 Å². The van der Waals surface area contributed by atoms with Gasteiger partial charge in [-0.3, -0.25) is 9.88 Å². The fourth-order valence-electron chi connectivity index (χ4n) is 3.79. The van der Waals surface area contributed by atoms with Gasteiger partial charge in [-0.1, -0.05) is 30.3 Å². The van der Waals surface area contributed by atoms with E-state index in [4.69, 9.17) is 4.98 Å². The molecule has 6 heteroatoms. The molecular weight excluding hydrogens is 374 g/mol. The summed E-state index contributed by atoms with van der Waals surface area (Å²) in [5, 5.41) is 13.3. The molecule has 30 heavy (non-hydrogen) atoms. The predicted octanol–water partition coefficient (Wildman–Crippen LogP) is 3.72. The lowest BCUT2D eigenvalue weighted by atomic mass is 10.0. The molecule has 0 saturated carbocycles. The molecule has 0 radical (unpaired) electrons. The average molecular weight is 404 g/mol. The van der Waals surface area contributed by atoms with Crippen LogP contribution in [0.3, 0.4) is 0 Å². The molecule has 0 amide bonds. The van der Waals surface area contributed by atoms with Crippen molar-refractivity contribution in [3.8, 4) is 11.5 Å². The highest BCUT2D eigenvalue weighted by Gasteiger charge is 2.18. The minimum Gasteiger partial charge on any atom is -0.393 e. The van der Waals surface area contributed by atoms with Gasteiger partial charge in [0.05, 0.1) is 6.10 Å². The molecule has 1 aliphatic rings. The topological polar surface area (TPSA) is 74.2 Å². The summed E-state index contributed by atoms with van der Waals surface area (Å²) < 4.78 is 0. The van der Waals surface area contributed by atoms with Crippen molar-refractivity contribution in [3.63, 3.8) is 0 Å². The molecule has 2 N–H and O–H groups in total. The summed E-state index contributed by atoms with van der Waals surface area (Å²) in [5.74, 6) is 1.49. The van der Waals surface area contributed by atoms with Crippen molar-refractivity contribution in [2.45, 2.75) is 45.9 Å². The van der Waals surface area contributed by atoms with Gasteiger partial charge in [0.25, 0.3) is 0 Å². The molecule has 0 bridgehead atoms. The van der Waals surface area contributed by atoms with Crippen LogP contribution in [0.1, 0.15) is 35.2 Å². The minimum absolute atomic E-state index is 0.143. The number of aliphatic hydroxyl groups excluding tert-OH is 1. The molecular formula is C24H29N5O. The zero-order chi connectivity index (χ0) is 20.9. The van der Waals surface area contributed by atoms with E-state index < -0.39 is 0 Å². The van der Waals surface area contributed by atoms with Crippen LogP contribution in [0, 0.1) is 13.8 Å². The lowest BCUT2D eigenvalue weighted by molar-refractivity contribution is 0.0791. The zero-order valence-corrected chi connectivity index (χ0v) is 17.7. The maximum absolute atomic E-state index is 9.76. The highest BCUT2D eigenvalue weighted by molar-refractivity contribution is 5.56. The second kappa shape index (κ2) is 9.32. The van der Waals surface area contributed by atoms with Crippen LogP contribution in [0.2, 0.25) is 0 Å². The summed E-state index contributed by atoms with van der Waals surface area (Å²) in [6, 6.07) is 14.3. The summed E-state index contributed by atoms with van der Waals surface area (Å²) in [7, 11) is 0. The quantitative estimate of drug-likeness (QED) is 0.653. The molecule has 1 saturated heterocycles. The van der Waals surface area contributed by atoms with Gasteiger partial charge in [-0.05, 0) is 49.9 Å². The van der Waals surface area contributed by atoms with Crippen LogP contribution in [0.25, 0.3) is 11.5 Å². The van der Waals surface area contributed by atoms with Crippen LogP contribution in [0.15, 0.2) is 48.7 Å². The lowest BCUT2D eigenvalue weighted by Crippen LogP contribution is -2.35. The Hall–Kier alpha value is -2.83. The molecule has 3 aromatic rings. The first-order valence-electron chi connectivity index (χ1n) is 10.6. The van der Waals surface area contributed by atoms with Gasteiger partial charge in [0.15, 0.2) is 5.82 Å². The van der Waals surface area contributed by atoms with Crippen LogP contribution in [-0.2, 0) is 13.1 Å². The van der Waals surface area contributed by atoms with E-state index in [2.05, 4.69) is 44.5 Å². The van der Waals surface area contributed by atoms with Gasteiger partial charge in [0, 0.05) is 43.6 Å². The smallest absolute Gasteiger partial charge is 0.180 e. The molecule has 1 aliphatic heterocycles. The number of nitrogens with zero attached hydrogens (tertiary/aromatic N) is 4. The molecule has 2 aromatic heterocycles. The molecule has 0 atom stereocenters. The first kappa shape index (κ1) is 20.4. The molecule has 0 unspecified atom stereocenters. The largest absolute Gasteiger partial charge is 0.393 e. The number of anilines is 1. The number of aromatic nitrogens is 3. The van der Waals surface area contributed by atoms with Gasteiger partial charge in [-0.25, -0.2) is 9.97 Å². The second-order valence-corrected chi connectivity index (χ2v) is 7.95. The van der Waals surface area contributed by atoms with Crippen molar-refractivity contribution in [3.05, 3.63) is 71.0 Å². The Morgan fingerprint density at radius 3 is 2.47 bits per heavy atom. The first-order chi connectivity index (χ1) is 14.6. The number of benzene rings is 1. The monoisotopic (exact) mass is 403 g/mol. The van der Waals surface area contributed by atoms with E-state index in [-0.39, 0.29) is 6.10 Å². The minimum atomic E-state index is -0.143. The molecule has 1 aromatic carbocycles. The van der Waals surface area contributed by atoms with Crippen LogP contribution >= 0.6 is 0 Å². The van der Waals surface area contributed by atoms with E-state index in [1.165, 1.54) is 11.1 Å². The normalized spacial score (nSPS) is 15.3. The van der Waals surface area contributed by atoms with Crippen molar-refractivity contribution < 1.29 is 5.11 Å². The number of piperidine rings is 1. The third kappa shape index (κ3) is 4.83. The molecule has 0 spiro atoms. The number of pyridine rings is 1. The Morgan fingerprint density at radius 1 is 1.00 bits per heavy atom. The molecule has 4 rings (SSSR count). The van der Waals surface area contributed by atoms with Crippen molar-refractivity contribution in [1.29, 1.82) is 0 Å². The number of hydrogen-bond donors (Lipinski definition) is 2. The Balaban J connectivity index is 1.51. The number of hydrogen-bond acceptors (Lipinski definition) is 6. The van der Waals surface area contributed by atoms with E-state index in [9.17, 15) is 5.11 Å². The van der Waals surface area contributed by atoms with Crippen LogP contribution in [-0.4, -0.2) is 44.2 Å². The zero-order valence-electron chi connectivity index (χ0n) is 17.7. The summed E-state index contributed by atoms with van der Waals surface area (Å²) in [6.45, 7) is 7.55. The molecule has 3 heterocycles. The predicted molar refractivity (Wildman–Crippen MR) is 119 cm³/mol. The van der Waals surface area contributed by atoms with Gasteiger partial charge in [-0.2, -0.15) is 0 Å². The maximum Gasteiger partial charge on any atom is 0.180 e. The highest BCUT2D eigenvalue weighted by atomic mass is 16.3. The van der Waals surface area contributed by atoms with E-state index in [1.54, 1.807) is 6.20 Å². The van der Waals surface area contributed by atoms with Crippen LogP contribution in [0.5, 0.6) is 0 Å². The van der Waals surface area contributed by atoms with Gasteiger partial charge < -0.3 is 10.4 Å². The summed E-state index contributed by atoms with van der Waals surface area (Å²) >= 11 is 0. The third-order valence-electron chi connectivity index (χ3n) is 5.80. The van der Waals surface area contributed by atoms with Crippen molar-refractivity contribution in [2.75, 3.05) is 18.4 Å². The maximum atomic E-state index is 9.76. The van der Waals surface area contributed by atoms with Crippen LogP contribution in [0.4, 0.5) is 5.82 Å². The second-order valence-electron chi connectivity index (χ2n) is 7.95. The summed E-state index contributed by atoms with van der Waals surface area (Å²) in [5.41, 5.74) is 5.36. The summed E-state index contributed by atoms with van der Waals surface area (Å²) in [4.78, 5) is 16.2. The third-order valence-corrected chi connectivity index (χ3v) is 5.80. The van der Waals surface area contributed by atoms with Gasteiger partial charge in [0.2, 0.25) is 0 Å². The van der Waals surface area contributed by atoms with Crippen LogP contribution < -0.4 is 5.32 Å². The van der Waals surface area contributed by atoms with Crippen molar-refractivity contribution in [2.24, 2.45) is 0 Å². The SMILES string of the molecule is Cc1nc(-c2ccccn2)nc(NCc2ccccc2CN2CCC(O)CC2)c1C. The summed E-state index contributed by atoms with van der Waals surface area (Å²) in [6.07, 6.45) is 3.33. The van der Waals surface area contributed by atoms with Gasteiger partial charge in [0.1, 0.15) is 11.5 Å². The highest BCUT2D eigenvalue weighted by Crippen LogP contribution is 2.22. The van der Waals surface area contributed by atoms with Gasteiger partial charge >= 0.3 is 0 Å². The Morgan fingerprint density at radius 2 is 1.73 bits per heavy atom. The van der Waals surface area contributed by atoms with E-state index in [0.717, 1.165) is 55.2 Å². The number of likely N-dealkylation sites (tertiary alicyclic amines) is 1. The van der Waals surface area contributed by atoms with Gasteiger partial charge in [-0.15, -0.1) is 0 Å². The van der Waals surface area contributed by atoms with E-state index in [1.807, 2.05) is 32.0 Å². The van der Waals surface area contributed by atoms with E-state index in [0.29, 0.717) is 12.4 Å². The fourth-order valence-corrected chi connectivity index (χ4v) is 3.79. The lowest BCUT2D eigenvalue weighted by Gasteiger charge is -2.30. The number of rotatable bonds is 6. The van der Waals surface area contributed by atoms with E-state index >= 15 is 0 Å². The van der Waals surface area contributed by atoms with Crippen molar-refractivity contribution in [1.82, 2.24) is 19.9 Å². The Bertz CT molecular complexity index is 984. The molecule has 6 nitrogen and oxygen atoms in total. The standard InChI is InChI=1S/C24H29N5O/c1-17-18(2)27-24(22-9-5-6-12-25-22)28-23(17)26-15-19-7-3-4-8-20(19)16-29-13-10-21(30)11-14-29/h3-9,12,21,30H,10-11,13-16H2,1-2H3,(H,26,27,28). The Labute approximate surface area is 178 Å². The molecule has 1 fully saturated rings. The molecule has 156 valence electrons. The molecule has 0 aliphatic carbocycles. The first-order valence-corrected chi connectivity index (χ1v) is 10.6.